The van der Waals surface area contributed by atoms with Crippen LogP contribution in [-0.4, -0.2) is 24.5 Å². The molecule has 1 aliphatic rings. The summed E-state index contributed by atoms with van der Waals surface area (Å²) in [5.41, 5.74) is 6.81. The van der Waals surface area contributed by atoms with E-state index in [1.165, 1.54) is 43.1 Å². The van der Waals surface area contributed by atoms with Gasteiger partial charge >= 0.3 is 0 Å². The number of fused-ring (bicyclic) bond motifs is 6. The summed E-state index contributed by atoms with van der Waals surface area (Å²) in [7, 11) is 0. The first-order valence-electron chi connectivity index (χ1n) is 16.0. The van der Waals surface area contributed by atoms with Crippen molar-refractivity contribution in [2.45, 2.75) is 37.9 Å². The van der Waals surface area contributed by atoms with Gasteiger partial charge in [-0.05, 0) is 121 Å². The summed E-state index contributed by atoms with van der Waals surface area (Å²) in [5, 5.41) is 14.1. The molecule has 8 aromatic carbocycles. The molecule has 0 aromatic heterocycles. The zero-order valence-electron chi connectivity index (χ0n) is 25.5. The molecule has 0 bridgehead atoms. The number of ether oxygens (including phenoxy) is 3. The van der Waals surface area contributed by atoms with Gasteiger partial charge in [-0.2, -0.15) is 0 Å². The third-order valence-corrected chi connectivity index (χ3v) is 9.56. The second-order valence-corrected chi connectivity index (χ2v) is 12.6. The fraction of sp³-hybridized carbons (Fsp3) is 0.143. The molecule has 0 spiro atoms. The van der Waals surface area contributed by atoms with Gasteiger partial charge in [-0.15, -0.1) is 0 Å². The lowest BCUT2D eigenvalue weighted by Crippen LogP contribution is -2.55. The van der Waals surface area contributed by atoms with Crippen molar-refractivity contribution >= 4 is 64.6 Å². The molecule has 0 saturated carbocycles. The zero-order valence-corrected chi connectivity index (χ0v) is 25.5. The predicted molar refractivity (Wildman–Crippen MR) is 190 cm³/mol. The van der Waals surface area contributed by atoms with Crippen LogP contribution in [0.4, 0.5) is 0 Å². The van der Waals surface area contributed by atoms with Crippen LogP contribution in [0, 0.1) is 0 Å². The van der Waals surface area contributed by atoms with Crippen LogP contribution < -0.4 is 15.2 Å². The minimum Gasteiger partial charge on any atom is -0.485 e. The molecule has 4 nitrogen and oxygen atoms in total. The van der Waals surface area contributed by atoms with Crippen LogP contribution >= 0.6 is 0 Å². The molecular formula is C42H33NO3. The van der Waals surface area contributed by atoms with Crippen LogP contribution in [0.2, 0.25) is 0 Å². The van der Waals surface area contributed by atoms with Gasteiger partial charge in [-0.1, -0.05) is 72.8 Å². The highest BCUT2D eigenvalue weighted by atomic mass is 16.7. The zero-order chi connectivity index (χ0) is 30.8. The second-order valence-electron chi connectivity index (χ2n) is 12.6. The number of rotatable bonds is 4. The summed E-state index contributed by atoms with van der Waals surface area (Å²) in [4.78, 5) is 0. The third kappa shape index (κ3) is 4.69. The van der Waals surface area contributed by atoms with Crippen LogP contribution in [-0.2, 0) is 4.74 Å². The molecule has 4 atom stereocenters. The van der Waals surface area contributed by atoms with E-state index in [-0.39, 0.29) is 18.2 Å². The Hall–Kier alpha value is -5.16. The highest BCUT2D eigenvalue weighted by Crippen LogP contribution is 2.36. The molecule has 1 heterocycles. The van der Waals surface area contributed by atoms with Crippen LogP contribution in [0.25, 0.3) is 64.6 Å². The average Bonchev–Trinajstić information content (AvgIpc) is 3.06. The van der Waals surface area contributed by atoms with E-state index >= 15 is 0 Å². The van der Waals surface area contributed by atoms with E-state index in [0.717, 1.165) is 33.0 Å². The molecule has 2 N–H and O–H groups in total. The first-order chi connectivity index (χ1) is 22.6. The number of benzene rings is 8. The topological polar surface area (TPSA) is 53.7 Å². The second kappa shape index (κ2) is 10.7. The fourth-order valence-corrected chi connectivity index (χ4v) is 7.21. The molecule has 1 saturated heterocycles. The Balaban J connectivity index is 0.985. The van der Waals surface area contributed by atoms with E-state index in [1.54, 1.807) is 0 Å². The van der Waals surface area contributed by atoms with Crippen molar-refractivity contribution in [2.24, 2.45) is 5.73 Å². The molecule has 0 amide bonds. The van der Waals surface area contributed by atoms with Crippen molar-refractivity contribution in [2.75, 3.05) is 0 Å². The van der Waals surface area contributed by atoms with Crippen molar-refractivity contribution in [3.8, 4) is 11.5 Å². The van der Waals surface area contributed by atoms with Crippen molar-refractivity contribution in [3.05, 3.63) is 133 Å². The van der Waals surface area contributed by atoms with Gasteiger partial charge in [0.15, 0.2) is 0 Å². The maximum Gasteiger partial charge on any atom is 0.201 e. The van der Waals surface area contributed by atoms with Crippen LogP contribution in [0.5, 0.6) is 11.5 Å². The first-order valence-corrected chi connectivity index (χ1v) is 16.0. The monoisotopic (exact) mass is 599 g/mol. The van der Waals surface area contributed by atoms with Crippen molar-refractivity contribution in [1.82, 2.24) is 0 Å². The highest BCUT2D eigenvalue weighted by molar-refractivity contribution is 6.07. The molecule has 9 rings (SSSR count). The van der Waals surface area contributed by atoms with E-state index in [1.807, 2.05) is 31.2 Å². The van der Waals surface area contributed by atoms with Crippen molar-refractivity contribution in [3.63, 3.8) is 0 Å². The Morgan fingerprint density at radius 2 is 0.913 bits per heavy atom. The van der Waals surface area contributed by atoms with Gasteiger partial charge < -0.3 is 19.9 Å². The molecule has 0 unspecified atom stereocenters. The van der Waals surface area contributed by atoms with E-state index < -0.39 is 6.29 Å². The Kier molecular flexibility index (Phi) is 6.34. The molecule has 0 radical (unpaired) electrons. The Morgan fingerprint density at radius 3 is 1.39 bits per heavy atom. The van der Waals surface area contributed by atoms with Gasteiger partial charge in [-0.25, -0.2) is 0 Å². The SMILES string of the molecule is C[C@H]1O[C@H](Oc2cccc3cc4cc5ccccc5cc4cc23)C[C@H](N)[C@H]1Oc1cccc2cc3cc4ccccc4cc3cc12. The lowest BCUT2D eigenvalue weighted by Gasteiger charge is -2.39. The largest absolute Gasteiger partial charge is 0.485 e. The molecule has 0 aliphatic carbocycles. The quantitative estimate of drug-likeness (QED) is 0.205. The minimum absolute atomic E-state index is 0.268. The van der Waals surface area contributed by atoms with Crippen molar-refractivity contribution in [1.29, 1.82) is 0 Å². The minimum atomic E-state index is -0.479. The molecule has 1 fully saturated rings. The maximum absolute atomic E-state index is 6.81. The summed E-state index contributed by atoms with van der Waals surface area (Å²) in [6, 6.07) is 47.0. The summed E-state index contributed by atoms with van der Waals surface area (Å²) >= 11 is 0. The van der Waals surface area contributed by atoms with E-state index in [4.69, 9.17) is 19.9 Å². The molecule has 224 valence electrons. The molecule has 46 heavy (non-hydrogen) atoms. The fourth-order valence-electron chi connectivity index (χ4n) is 7.21. The summed E-state index contributed by atoms with van der Waals surface area (Å²) < 4.78 is 19.7. The van der Waals surface area contributed by atoms with Crippen LogP contribution in [0.1, 0.15) is 13.3 Å². The number of hydrogen-bond donors (Lipinski definition) is 1. The Morgan fingerprint density at radius 1 is 0.500 bits per heavy atom. The lowest BCUT2D eigenvalue weighted by atomic mass is 9.98. The normalized spacial score (nSPS) is 20.2. The average molecular weight is 600 g/mol. The Bertz CT molecular complexity index is 2440. The summed E-state index contributed by atoms with van der Waals surface area (Å²) in [6.07, 6.45) is -0.547. The van der Waals surface area contributed by atoms with E-state index in [9.17, 15) is 0 Å². The highest BCUT2D eigenvalue weighted by Gasteiger charge is 2.37. The van der Waals surface area contributed by atoms with E-state index in [0.29, 0.717) is 6.42 Å². The standard InChI is InChI=1S/C42H33NO3/c1-25-42(46-40-15-7-13-31-21-33-17-27-9-3-5-11-29(27)19-35(33)23-37(31)40)38(43)24-41(44-25)45-39-14-6-12-30-20-32-16-26-8-2-4-10-28(26)18-34(32)22-36(30)39/h2-23,25,38,41-42H,24,43H2,1H3/t25-,38+,41-,42+/m1/s1. The molecule has 1 aliphatic heterocycles. The van der Waals surface area contributed by atoms with Crippen molar-refractivity contribution < 1.29 is 14.2 Å². The smallest absolute Gasteiger partial charge is 0.201 e. The van der Waals surface area contributed by atoms with Gasteiger partial charge in [0.05, 0.1) is 12.1 Å². The van der Waals surface area contributed by atoms with Gasteiger partial charge in [0.2, 0.25) is 6.29 Å². The third-order valence-electron chi connectivity index (χ3n) is 9.56. The van der Waals surface area contributed by atoms with Gasteiger partial charge in [0.25, 0.3) is 0 Å². The Labute approximate surface area is 266 Å². The first kappa shape index (κ1) is 27.2. The summed E-state index contributed by atoms with van der Waals surface area (Å²) in [5.74, 6) is 1.61. The van der Waals surface area contributed by atoms with Crippen LogP contribution in [0.15, 0.2) is 133 Å². The molecule has 4 heteroatoms. The van der Waals surface area contributed by atoms with Gasteiger partial charge in [-0.3, -0.25) is 0 Å². The maximum atomic E-state index is 6.81. The summed E-state index contributed by atoms with van der Waals surface area (Å²) in [6.45, 7) is 2.02. The number of hydrogen-bond acceptors (Lipinski definition) is 4. The molecule has 8 aromatic rings. The predicted octanol–water partition coefficient (Wildman–Crippen LogP) is 9.89. The molecular weight excluding hydrogens is 566 g/mol. The van der Waals surface area contributed by atoms with Crippen LogP contribution in [0.3, 0.4) is 0 Å². The van der Waals surface area contributed by atoms with Gasteiger partial charge in [0.1, 0.15) is 17.6 Å². The lowest BCUT2D eigenvalue weighted by molar-refractivity contribution is -0.180. The van der Waals surface area contributed by atoms with E-state index in [2.05, 4.69) is 109 Å². The van der Waals surface area contributed by atoms with Gasteiger partial charge in [0, 0.05) is 17.2 Å². The number of nitrogens with two attached hydrogens (primary N) is 1.